The zero-order chi connectivity index (χ0) is 24.7. The lowest BCUT2D eigenvalue weighted by atomic mass is 10.2. The molecule has 0 saturated carbocycles. The van der Waals surface area contributed by atoms with Crippen molar-refractivity contribution in [3.8, 4) is 5.75 Å². The van der Waals surface area contributed by atoms with Crippen LogP contribution in [0.15, 0.2) is 66.9 Å². The van der Waals surface area contributed by atoms with Gasteiger partial charge in [0, 0.05) is 35.7 Å². The lowest BCUT2D eigenvalue weighted by Crippen LogP contribution is -2.31. The van der Waals surface area contributed by atoms with Crippen molar-refractivity contribution in [1.82, 2.24) is 10.3 Å². The van der Waals surface area contributed by atoms with E-state index in [1.807, 2.05) is 0 Å². The number of amides is 2. The molecule has 0 atom stereocenters. The molecule has 0 unspecified atom stereocenters. The lowest BCUT2D eigenvalue weighted by Gasteiger charge is -2.10. The molecule has 0 aliphatic rings. The molecule has 0 aliphatic carbocycles. The van der Waals surface area contributed by atoms with Crippen LogP contribution in [-0.4, -0.2) is 29.3 Å². The number of pyridine rings is 1. The number of nitrogens with one attached hydrogen (secondary N) is 3. The first-order valence-electron chi connectivity index (χ1n) is 9.87. The van der Waals surface area contributed by atoms with E-state index >= 15 is 0 Å². The van der Waals surface area contributed by atoms with Crippen molar-refractivity contribution in [2.45, 2.75) is 13.1 Å². The maximum absolute atomic E-state index is 12.8. The van der Waals surface area contributed by atoms with Gasteiger partial charge in [0.1, 0.15) is 18.0 Å². The number of carbonyl (C=O) groups is 3. The number of anilines is 3. The zero-order valence-electron chi connectivity index (χ0n) is 17.8. The standard InChI is InChI=1S/C23H19F3N4O4/c1-14(31)29-16-6-8-19(9-7-16)34-21(32)13-28-22(33)15-2-4-17(5-3-15)30-18-10-11-27-20(12-18)23(24,25)26/h2-12H,13H2,1H3,(H,27,30)(H,28,33)(H,29,31). The Kier molecular flexibility index (Phi) is 7.46. The Labute approximate surface area is 192 Å². The van der Waals surface area contributed by atoms with Crippen molar-refractivity contribution in [2.75, 3.05) is 17.2 Å². The van der Waals surface area contributed by atoms with E-state index in [1.54, 1.807) is 12.1 Å². The summed E-state index contributed by atoms with van der Waals surface area (Å²) in [7, 11) is 0. The number of rotatable bonds is 7. The molecule has 0 bridgehead atoms. The van der Waals surface area contributed by atoms with Crippen molar-refractivity contribution >= 4 is 34.8 Å². The van der Waals surface area contributed by atoms with E-state index in [9.17, 15) is 27.6 Å². The second kappa shape index (κ2) is 10.5. The zero-order valence-corrected chi connectivity index (χ0v) is 17.8. The number of esters is 1. The number of aromatic nitrogens is 1. The van der Waals surface area contributed by atoms with Gasteiger partial charge in [-0.05, 0) is 60.7 Å². The molecule has 1 heterocycles. The molecule has 176 valence electrons. The molecule has 34 heavy (non-hydrogen) atoms. The minimum absolute atomic E-state index is 0.187. The molecule has 8 nitrogen and oxygen atoms in total. The number of benzene rings is 2. The molecule has 3 N–H and O–H groups in total. The van der Waals surface area contributed by atoms with Crippen LogP contribution in [0.3, 0.4) is 0 Å². The van der Waals surface area contributed by atoms with Crippen LogP contribution in [-0.2, 0) is 15.8 Å². The highest BCUT2D eigenvalue weighted by Gasteiger charge is 2.32. The fourth-order valence-electron chi connectivity index (χ4n) is 2.77. The lowest BCUT2D eigenvalue weighted by molar-refractivity contribution is -0.141. The second-order valence-electron chi connectivity index (χ2n) is 6.99. The van der Waals surface area contributed by atoms with Crippen LogP contribution in [0.2, 0.25) is 0 Å². The largest absolute Gasteiger partial charge is 0.433 e. The molecular formula is C23H19F3N4O4. The van der Waals surface area contributed by atoms with Crippen molar-refractivity contribution < 1.29 is 32.3 Å². The van der Waals surface area contributed by atoms with Crippen LogP contribution in [0, 0.1) is 0 Å². The molecule has 0 saturated heterocycles. The average Bonchev–Trinajstić information content (AvgIpc) is 2.78. The maximum atomic E-state index is 12.8. The summed E-state index contributed by atoms with van der Waals surface area (Å²) >= 11 is 0. The molecule has 3 aromatic rings. The first-order valence-corrected chi connectivity index (χ1v) is 9.87. The molecule has 11 heteroatoms. The predicted molar refractivity (Wildman–Crippen MR) is 118 cm³/mol. The van der Waals surface area contributed by atoms with Gasteiger partial charge in [0.05, 0.1) is 0 Å². The first kappa shape index (κ1) is 24.2. The van der Waals surface area contributed by atoms with Gasteiger partial charge < -0.3 is 20.7 Å². The number of nitrogens with zero attached hydrogens (tertiary/aromatic N) is 1. The van der Waals surface area contributed by atoms with Gasteiger partial charge in [0.15, 0.2) is 0 Å². The highest BCUT2D eigenvalue weighted by Crippen LogP contribution is 2.29. The summed E-state index contributed by atoms with van der Waals surface area (Å²) in [6, 6.07) is 14.3. The highest BCUT2D eigenvalue weighted by atomic mass is 19.4. The van der Waals surface area contributed by atoms with Gasteiger partial charge >= 0.3 is 12.1 Å². The van der Waals surface area contributed by atoms with E-state index in [0.717, 1.165) is 12.3 Å². The van der Waals surface area contributed by atoms with Crippen molar-refractivity contribution in [2.24, 2.45) is 0 Å². The van der Waals surface area contributed by atoms with Crippen molar-refractivity contribution in [3.63, 3.8) is 0 Å². The third-order valence-electron chi connectivity index (χ3n) is 4.29. The first-order chi connectivity index (χ1) is 16.1. The van der Waals surface area contributed by atoms with Gasteiger partial charge in [0.25, 0.3) is 5.91 Å². The quantitative estimate of drug-likeness (QED) is 0.352. The molecule has 0 radical (unpaired) electrons. The Bertz CT molecular complexity index is 1180. The number of halogens is 3. The summed E-state index contributed by atoms with van der Waals surface area (Å²) in [6.45, 7) is 0.984. The molecule has 0 spiro atoms. The van der Waals surface area contributed by atoms with E-state index in [0.29, 0.717) is 11.4 Å². The third kappa shape index (κ3) is 7.05. The summed E-state index contributed by atoms with van der Waals surface area (Å²) in [5.41, 5.74) is 0.404. The van der Waals surface area contributed by atoms with Crippen LogP contribution in [0.4, 0.5) is 30.2 Å². The van der Waals surface area contributed by atoms with Crippen LogP contribution >= 0.6 is 0 Å². The van der Waals surface area contributed by atoms with E-state index < -0.39 is 23.7 Å². The van der Waals surface area contributed by atoms with Crippen LogP contribution in [0.1, 0.15) is 23.0 Å². The van der Waals surface area contributed by atoms with E-state index in [4.69, 9.17) is 4.74 Å². The maximum Gasteiger partial charge on any atom is 0.433 e. The van der Waals surface area contributed by atoms with Crippen molar-refractivity contribution in [1.29, 1.82) is 0 Å². The highest BCUT2D eigenvalue weighted by molar-refractivity contribution is 5.96. The Morgan fingerprint density at radius 3 is 2.18 bits per heavy atom. The Hall–Kier alpha value is -4.41. The Balaban J connectivity index is 1.51. The monoisotopic (exact) mass is 472 g/mol. The molecule has 2 aromatic carbocycles. The molecule has 1 aromatic heterocycles. The molecule has 0 fully saturated rings. The molecule has 0 aliphatic heterocycles. The normalized spacial score (nSPS) is 10.8. The van der Waals surface area contributed by atoms with Crippen LogP contribution in [0.25, 0.3) is 0 Å². The van der Waals surface area contributed by atoms with Gasteiger partial charge in [0.2, 0.25) is 5.91 Å². The van der Waals surface area contributed by atoms with E-state index in [-0.39, 0.29) is 29.5 Å². The van der Waals surface area contributed by atoms with Gasteiger partial charge in [-0.3, -0.25) is 14.6 Å². The molecule has 2 amide bonds. The summed E-state index contributed by atoms with van der Waals surface area (Å²) in [5, 5.41) is 7.81. The predicted octanol–water partition coefficient (Wildman–Crippen LogP) is 4.14. The number of hydrogen-bond acceptors (Lipinski definition) is 6. The average molecular weight is 472 g/mol. The van der Waals surface area contributed by atoms with Gasteiger partial charge in [-0.1, -0.05) is 0 Å². The molecular weight excluding hydrogens is 453 g/mol. The number of carbonyl (C=O) groups excluding carboxylic acids is 3. The SMILES string of the molecule is CC(=O)Nc1ccc(OC(=O)CNC(=O)c2ccc(Nc3ccnc(C(F)(F)F)c3)cc2)cc1. The summed E-state index contributed by atoms with van der Waals surface area (Å²) in [6.07, 6.45) is -3.51. The summed E-state index contributed by atoms with van der Waals surface area (Å²) in [5.74, 6) is -1.22. The summed E-state index contributed by atoms with van der Waals surface area (Å²) < 4.78 is 43.4. The smallest absolute Gasteiger partial charge is 0.425 e. The summed E-state index contributed by atoms with van der Waals surface area (Å²) in [4.78, 5) is 38.5. The Morgan fingerprint density at radius 1 is 0.912 bits per heavy atom. The second-order valence-corrected chi connectivity index (χ2v) is 6.99. The number of alkyl halides is 3. The minimum Gasteiger partial charge on any atom is -0.425 e. The fourth-order valence-corrected chi connectivity index (χ4v) is 2.77. The van der Waals surface area contributed by atoms with E-state index in [1.165, 1.54) is 49.4 Å². The van der Waals surface area contributed by atoms with E-state index in [2.05, 4.69) is 20.9 Å². The van der Waals surface area contributed by atoms with Crippen LogP contribution < -0.4 is 20.7 Å². The Morgan fingerprint density at radius 2 is 1.56 bits per heavy atom. The van der Waals surface area contributed by atoms with Crippen molar-refractivity contribution in [3.05, 3.63) is 78.1 Å². The van der Waals surface area contributed by atoms with Crippen LogP contribution in [0.5, 0.6) is 5.75 Å². The van der Waals surface area contributed by atoms with Gasteiger partial charge in [-0.25, -0.2) is 4.79 Å². The topological polar surface area (TPSA) is 109 Å². The minimum atomic E-state index is -4.56. The third-order valence-corrected chi connectivity index (χ3v) is 4.29. The molecule has 3 rings (SSSR count). The fraction of sp³-hybridized carbons (Fsp3) is 0.130. The number of hydrogen-bond donors (Lipinski definition) is 3. The number of ether oxygens (including phenoxy) is 1. The van der Waals surface area contributed by atoms with Gasteiger partial charge in [-0.2, -0.15) is 13.2 Å². The van der Waals surface area contributed by atoms with Gasteiger partial charge in [-0.15, -0.1) is 0 Å².